The predicted molar refractivity (Wildman–Crippen MR) is 67.5 cm³/mol. The second-order valence-corrected chi connectivity index (χ2v) is 6.50. The summed E-state index contributed by atoms with van der Waals surface area (Å²) in [5.41, 5.74) is 0.889. The summed E-state index contributed by atoms with van der Waals surface area (Å²) in [6, 6.07) is 1.41. The summed E-state index contributed by atoms with van der Waals surface area (Å²) in [7, 11) is 0. The number of hydrogen-bond acceptors (Lipinski definition) is 2. The molecular weight excluding hydrogens is 198 g/mol. The van der Waals surface area contributed by atoms with Gasteiger partial charge < -0.3 is 10.1 Å². The van der Waals surface area contributed by atoms with Crippen molar-refractivity contribution in [3.8, 4) is 0 Å². The van der Waals surface area contributed by atoms with Gasteiger partial charge in [0.25, 0.3) is 0 Å². The first kappa shape index (κ1) is 12.4. The number of nitrogens with one attached hydrogen (secondary N) is 1. The van der Waals surface area contributed by atoms with Gasteiger partial charge in [-0.2, -0.15) is 0 Å². The fraction of sp³-hybridized carbons (Fsp3) is 1.00. The van der Waals surface area contributed by atoms with Crippen molar-refractivity contribution in [2.45, 2.75) is 72.1 Å². The molecule has 2 rings (SSSR count). The van der Waals surface area contributed by atoms with E-state index in [9.17, 15) is 0 Å². The third-order valence-corrected chi connectivity index (χ3v) is 5.03. The fourth-order valence-corrected chi connectivity index (χ4v) is 3.00. The van der Waals surface area contributed by atoms with Gasteiger partial charge in [-0.25, -0.2) is 0 Å². The summed E-state index contributed by atoms with van der Waals surface area (Å²) in [6.07, 6.45) is 4.22. The Morgan fingerprint density at radius 2 is 1.81 bits per heavy atom. The standard InChI is InChI=1S/C14H27NO/c1-6-14(5)10(8-12(14)16-7-2)15-11-9-13(11,3)4/h10-12,15H,6-9H2,1-5H3. The second-order valence-electron chi connectivity index (χ2n) is 6.50. The molecule has 0 spiro atoms. The lowest BCUT2D eigenvalue weighted by molar-refractivity contribution is -0.126. The molecule has 0 saturated heterocycles. The first-order valence-corrected chi connectivity index (χ1v) is 6.81. The normalized spacial score (nSPS) is 45.2. The minimum atomic E-state index is 0.356. The van der Waals surface area contributed by atoms with E-state index in [1.54, 1.807) is 0 Å². The minimum absolute atomic E-state index is 0.356. The molecule has 0 bridgehead atoms. The smallest absolute Gasteiger partial charge is 0.0658 e. The Hall–Kier alpha value is -0.0800. The van der Waals surface area contributed by atoms with Gasteiger partial charge in [0.05, 0.1) is 6.10 Å². The van der Waals surface area contributed by atoms with E-state index >= 15 is 0 Å². The van der Waals surface area contributed by atoms with Crippen molar-refractivity contribution in [3.63, 3.8) is 0 Å². The van der Waals surface area contributed by atoms with E-state index < -0.39 is 0 Å². The van der Waals surface area contributed by atoms with Crippen molar-refractivity contribution < 1.29 is 4.74 Å². The van der Waals surface area contributed by atoms with Crippen molar-refractivity contribution in [2.75, 3.05) is 6.61 Å². The predicted octanol–water partition coefficient (Wildman–Crippen LogP) is 2.97. The van der Waals surface area contributed by atoms with Gasteiger partial charge >= 0.3 is 0 Å². The van der Waals surface area contributed by atoms with E-state index in [2.05, 4.69) is 39.9 Å². The largest absolute Gasteiger partial charge is 0.378 e. The molecule has 2 aliphatic carbocycles. The molecule has 16 heavy (non-hydrogen) atoms. The van der Waals surface area contributed by atoms with Crippen LogP contribution >= 0.6 is 0 Å². The molecule has 94 valence electrons. The van der Waals surface area contributed by atoms with Crippen LogP contribution in [0.3, 0.4) is 0 Å². The molecule has 2 heteroatoms. The highest BCUT2D eigenvalue weighted by Gasteiger charge is 2.55. The van der Waals surface area contributed by atoms with Gasteiger partial charge in [-0.15, -0.1) is 0 Å². The molecule has 0 aromatic carbocycles. The summed E-state index contributed by atoms with van der Waals surface area (Å²) in [5.74, 6) is 0. The Labute approximate surface area is 100 Å². The summed E-state index contributed by atoms with van der Waals surface area (Å²) in [4.78, 5) is 0. The Kier molecular flexibility index (Phi) is 3.09. The molecule has 2 nitrogen and oxygen atoms in total. The van der Waals surface area contributed by atoms with E-state index in [-0.39, 0.29) is 0 Å². The van der Waals surface area contributed by atoms with Gasteiger partial charge in [-0.05, 0) is 31.6 Å². The van der Waals surface area contributed by atoms with Crippen molar-refractivity contribution in [1.82, 2.24) is 5.32 Å². The molecule has 4 unspecified atom stereocenters. The van der Waals surface area contributed by atoms with E-state index in [0.29, 0.717) is 23.0 Å². The quantitative estimate of drug-likeness (QED) is 0.776. The van der Waals surface area contributed by atoms with Crippen LogP contribution in [0.2, 0.25) is 0 Å². The maximum Gasteiger partial charge on any atom is 0.0658 e. The van der Waals surface area contributed by atoms with Crippen molar-refractivity contribution in [2.24, 2.45) is 10.8 Å². The Bertz CT molecular complexity index is 263. The van der Waals surface area contributed by atoms with Crippen molar-refractivity contribution >= 4 is 0 Å². The Balaban J connectivity index is 1.88. The first-order valence-electron chi connectivity index (χ1n) is 6.81. The molecule has 1 N–H and O–H groups in total. The van der Waals surface area contributed by atoms with Crippen LogP contribution in [0.4, 0.5) is 0 Å². The first-order chi connectivity index (χ1) is 7.44. The molecular formula is C14H27NO. The van der Waals surface area contributed by atoms with Crippen LogP contribution in [0, 0.1) is 10.8 Å². The van der Waals surface area contributed by atoms with Gasteiger partial charge in [-0.1, -0.05) is 27.7 Å². The molecule has 0 amide bonds. The van der Waals surface area contributed by atoms with Crippen LogP contribution in [-0.2, 0) is 4.74 Å². The topological polar surface area (TPSA) is 21.3 Å². The van der Waals surface area contributed by atoms with Crippen LogP contribution in [-0.4, -0.2) is 24.8 Å². The lowest BCUT2D eigenvalue weighted by Crippen LogP contribution is -2.62. The minimum Gasteiger partial charge on any atom is -0.378 e. The number of ether oxygens (including phenoxy) is 1. The average Bonchev–Trinajstić information content (AvgIpc) is 2.83. The van der Waals surface area contributed by atoms with Crippen LogP contribution in [0.1, 0.15) is 53.9 Å². The van der Waals surface area contributed by atoms with E-state index in [1.165, 1.54) is 19.3 Å². The van der Waals surface area contributed by atoms with Crippen molar-refractivity contribution in [1.29, 1.82) is 0 Å². The average molecular weight is 225 g/mol. The molecule has 0 heterocycles. The van der Waals surface area contributed by atoms with E-state index in [4.69, 9.17) is 4.74 Å². The molecule has 2 fully saturated rings. The Morgan fingerprint density at radius 3 is 2.25 bits per heavy atom. The monoisotopic (exact) mass is 225 g/mol. The highest BCUT2D eigenvalue weighted by atomic mass is 16.5. The summed E-state index contributed by atoms with van der Waals surface area (Å²) < 4.78 is 5.83. The lowest BCUT2D eigenvalue weighted by atomic mass is 9.61. The zero-order chi connectivity index (χ0) is 12.0. The molecule has 4 atom stereocenters. The molecule has 2 saturated carbocycles. The molecule has 0 radical (unpaired) electrons. The van der Waals surface area contributed by atoms with Crippen molar-refractivity contribution in [3.05, 3.63) is 0 Å². The molecule has 0 aromatic rings. The van der Waals surface area contributed by atoms with E-state index in [0.717, 1.165) is 12.6 Å². The second kappa shape index (κ2) is 3.99. The zero-order valence-corrected chi connectivity index (χ0v) is 11.5. The van der Waals surface area contributed by atoms with Crippen LogP contribution < -0.4 is 5.32 Å². The van der Waals surface area contributed by atoms with Gasteiger partial charge in [-0.3, -0.25) is 0 Å². The maximum atomic E-state index is 5.83. The zero-order valence-electron chi connectivity index (χ0n) is 11.5. The van der Waals surface area contributed by atoms with Crippen LogP contribution in [0.15, 0.2) is 0 Å². The summed E-state index contributed by atoms with van der Waals surface area (Å²) in [5, 5.41) is 3.83. The van der Waals surface area contributed by atoms with Crippen LogP contribution in [0.25, 0.3) is 0 Å². The summed E-state index contributed by atoms with van der Waals surface area (Å²) >= 11 is 0. The fourth-order valence-electron chi connectivity index (χ4n) is 3.00. The van der Waals surface area contributed by atoms with Gasteiger partial charge in [0, 0.05) is 24.1 Å². The number of hydrogen-bond donors (Lipinski definition) is 1. The Morgan fingerprint density at radius 1 is 1.19 bits per heavy atom. The third-order valence-electron chi connectivity index (χ3n) is 5.03. The van der Waals surface area contributed by atoms with Gasteiger partial charge in [0.15, 0.2) is 0 Å². The molecule has 0 aromatic heterocycles. The number of rotatable bonds is 5. The molecule has 0 aliphatic heterocycles. The van der Waals surface area contributed by atoms with Gasteiger partial charge in [0.1, 0.15) is 0 Å². The van der Waals surface area contributed by atoms with Gasteiger partial charge in [0.2, 0.25) is 0 Å². The molecule has 2 aliphatic rings. The third kappa shape index (κ3) is 1.91. The highest BCUT2D eigenvalue weighted by molar-refractivity contribution is 5.10. The lowest BCUT2D eigenvalue weighted by Gasteiger charge is -2.54. The SMILES string of the molecule is CCOC1CC(NC2CC2(C)C)C1(C)CC. The highest BCUT2D eigenvalue weighted by Crippen LogP contribution is 2.50. The summed E-state index contributed by atoms with van der Waals surface area (Å²) in [6.45, 7) is 12.3. The van der Waals surface area contributed by atoms with E-state index in [1.807, 2.05) is 0 Å². The van der Waals surface area contributed by atoms with Crippen LogP contribution in [0.5, 0.6) is 0 Å². The maximum absolute atomic E-state index is 5.83.